The monoisotopic (exact) mass is 277 g/mol. The first-order valence-corrected chi connectivity index (χ1v) is 7.30. The first-order chi connectivity index (χ1) is 9.52. The molecule has 0 aromatic carbocycles. The van der Waals surface area contributed by atoms with E-state index >= 15 is 0 Å². The summed E-state index contributed by atoms with van der Waals surface area (Å²) in [7, 11) is 0. The lowest BCUT2D eigenvalue weighted by Gasteiger charge is -2.25. The molecule has 5 nitrogen and oxygen atoms in total. The zero-order valence-electron chi connectivity index (χ0n) is 12.2. The van der Waals surface area contributed by atoms with Crippen LogP contribution in [0.25, 0.3) is 0 Å². The van der Waals surface area contributed by atoms with Gasteiger partial charge in [-0.15, -0.1) is 0 Å². The van der Waals surface area contributed by atoms with E-state index in [1.807, 2.05) is 19.9 Å². The van der Waals surface area contributed by atoms with Crippen molar-refractivity contribution in [3.63, 3.8) is 0 Å². The number of nitrogens with one attached hydrogen (secondary N) is 1. The first-order valence-electron chi connectivity index (χ1n) is 7.30. The van der Waals surface area contributed by atoms with Crippen LogP contribution in [0.15, 0.2) is 16.9 Å². The van der Waals surface area contributed by atoms with Crippen LogP contribution < -0.4 is 16.6 Å². The summed E-state index contributed by atoms with van der Waals surface area (Å²) in [6.07, 6.45) is 3.59. The van der Waals surface area contributed by atoms with Gasteiger partial charge in [-0.2, -0.15) is 0 Å². The number of hydrogen-bond donors (Lipinski definition) is 2. The SMILES string of the molecule is CCC(C)NC(=O)Cn1c2c(ccc1=O)C(N)CCC2. The molecule has 0 radical (unpaired) electrons. The predicted octanol–water partition coefficient (Wildman–Crippen LogP) is 1.10. The standard InChI is InChI=1S/C15H23N3O2/c1-3-10(2)17-14(19)9-18-13-6-4-5-12(16)11(13)7-8-15(18)20/h7-8,10,12H,3-6,9,16H2,1-2H3,(H,17,19). The summed E-state index contributed by atoms with van der Waals surface area (Å²) in [5.74, 6) is -0.117. The Bertz CT molecular complexity index is 551. The summed E-state index contributed by atoms with van der Waals surface area (Å²) >= 11 is 0. The molecule has 0 bridgehead atoms. The van der Waals surface area contributed by atoms with Gasteiger partial charge in [0.15, 0.2) is 0 Å². The Balaban J connectivity index is 2.25. The van der Waals surface area contributed by atoms with E-state index in [9.17, 15) is 9.59 Å². The summed E-state index contributed by atoms with van der Waals surface area (Å²) in [5, 5.41) is 2.89. The van der Waals surface area contributed by atoms with E-state index < -0.39 is 0 Å². The van der Waals surface area contributed by atoms with Crippen molar-refractivity contribution < 1.29 is 4.79 Å². The molecular formula is C15H23N3O2. The molecule has 3 N–H and O–H groups in total. The molecule has 1 aliphatic rings. The number of fused-ring (bicyclic) bond motifs is 1. The van der Waals surface area contributed by atoms with Gasteiger partial charge in [-0.3, -0.25) is 9.59 Å². The quantitative estimate of drug-likeness (QED) is 0.865. The van der Waals surface area contributed by atoms with Crippen LogP contribution in [0, 0.1) is 0 Å². The number of hydrogen-bond acceptors (Lipinski definition) is 3. The van der Waals surface area contributed by atoms with Crippen LogP contribution in [0.1, 0.15) is 50.4 Å². The van der Waals surface area contributed by atoms with Crippen molar-refractivity contribution in [2.24, 2.45) is 5.73 Å². The highest BCUT2D eigenvalue weighted by molar-refractivity contribution is 5.76. The molecule has 0 fully saturated rings. The van der Waals surface area contributed by atoms with E-state index in [0.717, 1.165) is 36.9 Å². The molecule has 0 saturated carbocycles. The Kier molecular flexibility index (Phi) is 4.60. The molecule has 1 amide bonds. The minimum absolute atomic E-state index is 0.0248. The fourth-order valence-electron chi connectivity index (χ4n) is 2.64. The van der Waals surface area contributed by atoms with E-state index in [4.69, 9.17) is 5.73 Å². The predicted molar refractivity (Wildman–Crippen MR) is 78.5 cm³/mol. The number of carbonyl (C=O) groups is 1. The van der Waals surface area contributed by atoms with E-state index in [-0.39, 0.29) is 30.1 Å². The van der Waals surface area contributed by atoms with Crippen molar-refractivity contribution in [2.45, 2.75) is 58.2 Å². The van der Waals surface area contributed by atoms with Crippen LogP contribution in [-0.2, 0) is 17.8 Å². The molecule has 0 saturated heterocycles. The highest BCUT2D eigenvalue weighted by atomic mass is 16.2. The Hall–Kier alpha value is -1.62. The van der Waals surface area contributed by atoms with Gasteiger partial charge in [-0.1, -0.05) is 13.0 Å². The third-order valence-electron chi connectivity index (χ3n) is 3.98. The summed E-state index contributed by atoms with van der Waals surface area (Å²) < 4.78 is 1.58. The molecule has 110 valence electrons. The summed E-state index contributed by atoms with van der Waals surface area (Å²) in [5.41, 5.74) is 7.89. The molecule has 0 spiro atoms. The van der Waals surface area contributed by atoms with E-state index in [1.54, 1.807) is 4.57 Å². The smallest absolute Gasteiger partial charge is 0.251 e. The minimum Gasteiger partial charge on any atom is -0.352 e. The maximum absolute atomic E-state index is 12.0. The molecule has 2 atom stereocenters. The van der Waals surface area contributed by atoms with Gasteiger partial charge >= 0.3 is 0 Å². The van der Waals surface area contributed by atoms with Crippen LogP contribution in [0.2, 0.25) is 0 Å². The number of amides is 1. The molecule has 1 aromatic heterocycles. The zero-order valence-corrected chi connectivity index (χ0v) is 12.2. The lowest BCUT2D eigenvalue weighted by Crippen LogP contribution is -2.39. The lowest BCUT2D eigenvalue weighted by atomic mass is 9.91. The number of nitrogens with zero attached hydrogens (tertiary/aromatic N) is 1. The topological polar surface area (TPSA) is 77.1 Å². The Morgan fingerprint density at radius 1 is 1.55 bits per heavy atom. The van der Waals surface area contributed by atoms with Crippen LogP contribution in [0.4, 0.5) is 0 Å². The number of carbonyl (C=O) groups excluding carboxylic acids is 1. The van der Waals surface area contributed by atoms with Crippen LogP contribution in [0.3, 0.4) is 0 Å². The van der Waals surface area contributed by atoms with Gasteiger partial charge < -0.3 is 15.6 Å². The molecule has 5 heteroatoms. The second kappa shape index (κ2) is 6.22. The first kappa shape index (κ1) is 14.8. The molecule has 0 aliphatic heterocycles. The van der Waals surface area contributed by atoms with E-state index in [2.05, 4.69) is 5.32 Å². The van der Waals surface area contributed by atoms with Gasteiger partial charge in [0.25, 0.3) is 5.56 Å². The zero-order chi connectivity index (χ0) is 14.7. The third kappa shape index (κ3) is 3.10. The number of aromatic nitrogens is 1. The van der Waals surface area contributed by atoms with Crippen LogP contribution in [0.5, 0.6) is 0 Å². The Labute approximate surface area is 119 Å². The molecule has 2 unspecified atom stereocenters. The molecular weight excluding hydrogens is 254 g/mol. The molecule has 2 rings (SSSR count). The van der Waals surface area contributed by atoms with Gasteiger partial charge in [0.2, 0.25) is 5.91 Å². The second-order valence-electron chi connectivity index (χ2n) is 5.54. The molecule has 1 heterocycles. The second-order valence-corrected chi connectivity index (χ2v) is 5.54. The van der Waals surface area contributed by atoms with E-state index in [0.29, 0.717) is 0 Å². The Morgan fingerprint density at radius 2 is 2.30 bits per heavy atom. The van der Waals surface area contributed by atoms with Gasteiger partial charge in [0.1, 0.15) is 6.54 Å². The maximum Gasteiger partial charge on any atom is 0.251 e. The summed E-state index contributed by atoms with van der Waals surface area (Å²) in [6.45, 7) is 4.05. The van der Waals surface area contributed by atoms with Crippen molar-refractivity contribution in [2.75, 3.05) is 0 Å². The highest BCUT2D eigenvalue weighted by Crippen LogP contribution is 2.26. The fourth-order valence-corrected chi connectivity index (χ4v) is 2.64. The van der Waals surface area contributed by atoms with Gasteiger partial charge in [0.05, 0.1) is 0 Å². The van der Waals surface area contributed by atoms with Crippen LogP contribution in [-0.4, -0.2) is 16.5 Å². The highest BCUT2D eigenvalue weighted by Gasteiger charge is 2.21. The van der Waals surface area contributed by atoms with Crippen molar-refractivity contribution in [3.8, 4) is 0 Å². The largest absolute Gasteiger partial charge is 0.352 e. The molecule has 1 aliphatic carbocycles. The maximum atomic E-state index is 12.0. The average molecular weight is 277 g/mol. The van der Waals surface area contributed by atoms with E-state index in [1.165, 1.54) is 6.07 Å². The number of rotatable bonds is 4. The lowest BCUT2D eigenvalue weighted by molar-refractivity contribution is -0.122. The van der Waals surface area contributed by atoms with Gasteiger partial charge in [-0.05, 0) is 38.2 Å². The third-order valence-corrected chi connectivity index (χ3v) is 3.98. The fraction of sp³-hybridized carbons (Fsp3) is 0.600. The van der Waals surface area contributed by atoms with Gasteiger partial charge in [0, 0.05) is 23.8 Å². The summed E-state index contributed by atoms with van der Waals surface area (Å²) in [6, 6.07) is 3.42. The number of pyridine rings is 1. The van der Waals surface area contributed by atoms with Crippen LogP contribution >= 0.6 is 0 Å². The average Bonchev–Trinajstić information content (AvgIpc) is 2.42. The Morgan fingerprint density at radius 3 is 3.00 bits per heavy atom. The van der Waals surface area contributed by atoms with Crippen molar-refractivity contribution in [1.82, 2.24) is 9.88 Å². The normalized spacial score (nSPS) is 19.2. The van der Waals surface area contributed by atoms with Crippen molar-refractivity contribution in [1.29, 1.82) is 0 Å². The number of nitrogens with two attached hydrogens (primary N) is 1. The molecule has 1 aromatic rings. The van der Waals surface area contributed by atoms with Crippen molar-refractivity contribution in [3.05, 3.63) is 33.7 Å². The molecule has 20 heavy (non-hydrogen) atoms. The summed E-state index contributed by atoms with van der Waals surface area (Å²) in [4.78, 5) is 24.0. The minimum atomic E-state index is -0.128. The van der Waals surface area contributed by atoms with Gasteiger partial charge in [-0.25, -0.2) is 0 Å². The van der Waals surface area contributed by atoms with Crippen molar-refractivity contribution >= 4 is 5.91 Å².